The van der Waals surface area contributed by atoms with Gasteiger partial charge in [-0.15, -0.1) is 0 Å². The molecular formula is C27H24N2O6. The molecule has 2 heterocycles. The van der Waals surface area contributed by atoms with Crippen LogP contribution in [0.2, 0.25) is 0 Å². The van der Waals surface area contributed by atoms with E-state index in [-0.39, 0.29) is 5.91 Å². The molecular weight excluding hydrogens is 448 g/mol. The number of hydroxylamine groups is 1. The predicted octanol–water partition coefficient (Wildman–Crippen LogP) is 3.82. The van der Waals surface area contributed by atoms with Crippen LogP contribution in [-0.4, -0.2) is 35.6 Å². The van der Waals surface area contributed by atoms with E-state index in [1.807, 2.05) is 56.3 Å². The van der Waals surface area contributed by atoms with Crippen molar-refractivity contribution in [2.75, 3.05) is 16.6 Å². The fourth-order valence-electron chi connectivity index (χ4n) is 4.82. The molecule has 3 aromatic rings. The van der Waals surface area contributed by atoms with Gasteiger partial charge in [0.15, 0.2) is 12.7 Å². The Morgan fingerprint density at radius 2 is 1.69 bits per heavy atom. The number of fused-ring (bicyclic) bond motifs is 1. The van der Waals surface area contributed by atoms with Crippen LogP contribution in [0.15, 0.2) is 72.8 Å². The lowest BCUT2D eigenvalue weighted by Gasteiger charge is -2.30. The van der Waals surface area contributed by atoms with Crippen LogP contribution in [0.25, 0.3) is 0 Å². The number of amides is 2. The number of carbonyl (C=O) groups excluding carboxylic acids is 2. The average Bonchev–Trinajstić information content (AvgIpc) is 3.35. The van der Waals surface area contributed by atoms with Gasteiger partial charge >= 0.3 is 5.97 Å². The Bertz CT molecular complexity index is 1310. The van der Waals surface area contributed by atoms with Crippen LogP contribution in [0.3, 0.4) is 0 Å². The summed E-state index contributed by atoms with van der Waals surface area (Å²) in [5.41, 5.74) is 3.60. The predicted molar refractivity (Wildman–Crippen MR) is 128 cm³/mol. The van der Waals surface area contributed by atoms with E-state index in [0.29, 0.717) is 22.7 Å². The number of para-hydroxylation sites is 2. The van der Waals surface area contributed by atoms with Crippen molar-refractivity contribution >= 4 is 29.2 Å². The Hall–Kier alpha value is -4.17. The number of aryl methyl sites for hydroxylation is 2. The van der Waals surface area contributed by atoms with Gasteiger partial charge in [-0.1, -0.05) is 54.1 Å². The van der Waals surface area contributed by atoms with Gasteiger partial charge < -0.3 is 9.84 Å². The number of benzene rings is 3. The number of rotatable bonds is 6. The van der Waals surface area contributed by atoms with E-state index in [1.165, 1.54) is 4.90 Å². The van der Waals surface area contributed by atoms with Crippen LogP contribution in [-0.2, 0) is 19.2 Å². The third-order valence-corrected chi connectivity index (χ3v) is 6.31. The topological polar surface area (TPSA) is 96.4 Å². The van der Waals surface area contributed by atoms with E-state index in [4.69, 9.17) is 14.7 Å². The quantitative estimate of drug-likeness (QED) is 0.545. The molecule has 8 heteroatoms. The van der Waals surface area contributed by atoms with Gasteiger partial charge in [0.25, 0.3) is 5.91 Å². The Morgan fingerprint density at radius 3 is 2.40 bits per heavy atom. The third kappa shape index (κ3) is 3.91. The first-order valence-corrected chi connectivity index (χ1v) is 11.3. The minimum Gasteiger partial charge on any atom is -0.482 e. The van der Waals surface area contributed by atoms with Crippen molar-refractivity contribution in [1.82, 2.24) is 0 Å². The molecule has 2 aliphatic heterocycles. The number of carbonyl (C=O) groups is 3. The molecule has 35 heavy (non-hydrogen) atoms. The molecule has 0 aliphatic carbocycles. The van der Waals surface area contributed by atoms with Crippen molar-refractivity contribution < 1.29 is 29.1 Å². The number of anilines is 2. The molecule has 0 bridgehead atoms. The molecule has 0 aromatic heterocycles. The standard InChI is InChI=1S/C27H24N2O6/c1-16-12-13-20(17(2)14-16)28-26(32)23-24(19-10-6-7-11-21(19)34-15-22(30)31)29(35-25(23)27(28)33)18-8-4-3-5-9-18/h3-14,23-25H,15H2,1-2H3,(H,30,31)/t23-,24+,25-/m1/s1. The summed E-state index contributed by atoms with van der Waals surface area (Å²) < 4.78 is 5.56. The highest BCUT2D eigenvalue weighted by Crippen LogP contribution is 2.49. The molecule has 0 saturated carbocycles. The van der Waals surface area contributed by atoms with Gasteiger partial charge in [-0.3, -0.25) is 14.4 Å². The molecule has 178 valence electrons. The Labute approximate surface area is 202 Å². The summed E-state index contributed by atoms with van der Waals surface area (Å²) in [6.07, 6.45) is -1.03. The number of aliphatic carboxylic acids is 1. The van der Waals surface area contributed by atoms with E-state index >= 15 is 0 Å². The minimum absolute atomic E-state index is 0.315. The summed E-state index contributed by atoms with van der Waals surface area (Å²) in [5, 5.41) is 10.7. The highest BCUT2D eigenvalue weighted by molar-refractivity contribution is 6.24. The first-order valence-electron chi connectivity index (χ1n) is 11.3. The molecule has 3 atom stereocenters. The summed E-state index contributed by atoms with van der Waals surface area (Å²) in [6, 6.07) is 21.0. The van der Waals surface area contributed by atoms with Crippen molar-refractivity contribution in [2.45, 2.75) is 26.0 Å². The third-order valence-electron chi connectivity index (χ3n) is 6.31. The van der Waals surface area contributed by atoms with Gasteiger partial charge in [-0.05, 0) is 43.7 Å². The molecule has 0 radical (unpaired) electrons. The summed E-state index contributed by atoms with van der Waals surface area (Å²) >= 11 is 0. The van der Waals surface area contributed by atoms with Crippen LogP contribution in [0, 0.1) is 19.8 Å². The second kappa shape index (κ2) is 8.88. The summed E-state index contributed by atoms with van der Waals surface area (Å²) in [4.78, 5) is 45.9. The van der Waals surface area contributed by atoms with Gasteiger partial charge in [0.1, 0.15) is 11.7 Å². The smallest absolute Gasteiger partial charge is 0.341 e. The first-order chi connectivity index (χ1) is 16.9. The molecule has 3 aromatic carbocycles. The maximum absolute atomic E-state index is 13.8. The van der Waals surface area contributed by atoms with Crippen LogP contribution in [0.5, 0.6) is 5.75 Å². The second-order valence-electron chi connectivity index (χ2n) is 8.68. The number of ether oxygens (including phenoxy) is 1. The van der Waals surface area contributed by atoms with Crippen molar-refractivity contribution in [2.24, 2.45) is 5.92 Å². The van der Waals surface area contributed by atoms with E-state index in [0.717, 1.165) is 11.1 Å². The fraction of sp³-hybridized carbons (Fsp3) is 0.222. The zero-order valence-electron chi connectivity index (χ0n) is 19.3. The van der Waals surface area contributed by atoms with Gasteiger partial charge in [0.05, 0.1) is 17.4 Å². The fourth-order valence-corrected chi connectivity index (χ4v) is 4.82. The van der Waals surface area contributed by atoms with Crippen molar-refractivity contribution in [3.8, 4) is 5.75 Å². The number of nitrogens with zero attached hydrogens (tertiary/aromatic N) is 2. The molecule has 8 nitrogen and oxygen atoms in total. The van der Waals surface area contributed by atoms with Crippen molar-refractivity contribution in [1.29, 1.82) is 0 Å². The van der Waals surface area contributed by atoms with Gasteiger partial charge in [-0.25, -0.2) is 14.8 Å². The summed E-state index contributed by atoms with van der Waals surface area (Å²) in [5.74, 6) is -2.45. The summed E-state index contributed by atoms with van der Waals surface area (Å²) in [7, 11) is 0. The van der Waals surface area contributed by atoms with E-state index < -0.39 is 36.5 Å². The number of hydrogen-bond acceptors (Lipinski definition) is 6. The monoisotopic (exact) mass is 472 g/mol. The Balaban J connectivity index is 1.60. The second-order valence-corrected chi connectivity index (χ2v) is 8.68. The molecule has 1 N–H and O–H groups in total. The molecule has 5 rings (SSSR count). The Kier molecular flexibility index (Phi) is 5.74. The molecule has 2 amide bonds. The minimum atomic E-state index is -1.12. The number of carboxylic acid groups (broad SMARTS) is 1. The highest BCUT2D eigenvalue weighted by Gasteiger charge is 2.60. The van der Waals surface area contributed by atoms with Gasteiger partial charge in [0, 0.05) is 5.56 Å². The largest absolute Gasteiger partial charge is 0.482 e. The maximum Gasteiger partial charge on any atom is 0.341 e. The summed E-state index contributed by atoms with van der Waals surface area (Å²) in [6.45, 7) is 3.27. The first kappa shape index (κ1) is 22.6. The van der Waals surface area contributed by atoms with Gasteiger partial charge in [0.2, 0.25) is 5.91 Å². The lowest BCUT2D eigenvalue weighted by Crippen LogP contribution is -2.37. The molecule has 0 spiro atoms. The lowest BCUT2D eigenvalue weighted by atomic mass is 9.90. The molecule has 2 aliphatic rings. The Morgan fingerprint density at radius 1 is 0.971 bits per heavy atom. The van der Waals surface area contributed by atoms with Gasteiger partial charge in [-0.2, -0.15) is 0 Å². The zero-order chi connectivity index (χ0) is 24.7. The maximum atomic E-state index is 13.8. The number of imide groups is 1. The SMILES string of the molecule is Cc1ccc(N2C(=O)[C@H]3[C@@H](ON(c4ccccc4)[C@H]3c3ccccc3OCC(=O)O)C2=O)c(C)c1. The van der Waals surface area contributed by atoms with Crippen LogP contribution in [0.4, 0.5) is 11.4 Å². The van der Waals surface area contributed by atoms with Crippen molar-refractivity contribution in [3.05, 3.63) is 89.5 Å². The van der Waals surface area contributed by atoms with E-state index in [9.17, 15) is 14.4 Å². The lowest BCUT2D eigenvalue weighted by molar-refractivity contribution is -0.139. The highest BCUT2D eigenvalue weighted by atomic mass is 16.7. The van der Waals surface area contributed by atoms with E-state index in [1.54, 1.807) is 35.4 Å². The normalized spacial score (nSPS) is 21.4. The molecule has 2 saturated heterocycles. The zero-order valence-corrected chi connectivity index (χ0v) is 19.3. The molecule has 0 unspecified atom stereocenters. The van der Waals surface area contributed by atoms with Crippen LogP contribution < -0.4 is 14.7 Å². The van der Waals surface area contributed by atoms with Crippen molar-refractivity contribution in [3.63, 3.8) is 0 Å². The number of carboxylic acids is 1. The average molecular weight is 472 g/mol. The number of hydrogen-bond donors (Lipinski definition) is 1. The molecule has 2 fully saturated rings. The van der Waals surface area contributed by atoms with Crippen LogP contribution in [0.1, 0.15) is 22.7 Å². The van der Waals surface area contributed by atoms with Crippen LogP contribution >= 0.6 is 0 Å². The van der Waals surface area contributed by atoms with E-state index in [2.05, 4.69) is 0 Å².